The molecule has 0 aliphatic heterocycles. The van der Waals surface area contributed by atoms with Gasteiger partial charge in [-0.25, -0.2) is 4.98 Å². The first-order valence-corrected chi connectivity index (χ1v) is 4.53. The molecule has 0 unspecified atom stereocenters. The van der Waals surface area contributed by atoms with Gasteiger partial charge in [0, 0.05) is 11.3 Å². The van der Waals surface area contributed by atoms with Crippen molar-refractivity contribution in [2.24, 2.45) is 0 Å². The Morgan fingerprint density at radius 3 is 2.80 bits per heavy atom. The van der Waals surface area contributed by atoms with Crippen LogP contribution in [-0.4, -0.2) is 22.3 Å². The van der Waals surface area contributed by atoms with Crippen molar-refractivity contribution < 1.29 is 4.74 Å². The highest BCUT2D eigenvalue weighted by molar-refractivity contribution is 5.72. The summed E-state index contributed by atoms with van der Waals surface area (Å²) in [4.78, 5) is 4.21. The minimum atomic E-state index is 0.587. The molecule has 0 aliphatic carbocycles. The average Bonchev–Trinajstić information content (AvgIpc) is 2.65. The number of aryl methyl sites for hydroxylation is 1. The number of aromatic nitrogens is 3. The van der Waals surface area contributed by atoms with Gasteiger partial charge in [-0.05, 0) is 25.1 Å². The third-order valence-corrected chi connectivity index (χ3v) is 2.10. The fraction of sp³-hybridized carbons (Fsp3) is 0.200. The number of methoxy groups -OCH3 is 1. The van der Waals surface area contributed by atoms with Crippen LogP contribution in [0, 0.1) is 6.92 Å². The Bertz CT molecular complexity index is 478. The van der Waals surface area contributed by atoms with Crippen molar-refractivity contribution in [3.63, 3.8) is 0 Å². The summed E-state index contributed by atoms with van der Waals surface area (Å²) in [6, 6.07) is 5.40. The van der Waals surface area contributed by atoms with Crippen LogP contribution in [0.2, 0.25) is 0 Å². The lowest BCUT2D eigenvalue weighted by Crippen LogP contribution is -1.93. The minimum Gasteiger partial charge on any atom is -0.497 e. The lowest BCUT2D eigenvalue weighted by molar-refractivity contribution is 0.415. The smallest absolute Gasteiger partial charge is 0.183 e. The zero-order chi connectivity index (χ0) is 10.8. The maximum absolute atomic E-state index is 5.84. The van der Waals surface area contributed by atoms with E-state index >= 15 is 0 Å². The zero-order valence-electron chi connectivity index (χ0n) is 8.61. The minimum absolute atomic E-state index is 0.587. The molecule has 2 aromatic rings. The van der Waals surface area contributed by atoms with Gasteiger partial charge in [0.1, 0.15) is 11.6 Å². The van der Waals surface area contributed by atoms with Gasteiger partial charge in [-0.1, -0.05) is 0 Å². The predicted molar refractivity (Wildman–Crippen MR) is 57.5 cm³/mol. The van der Waals surface area contributed by atoms with E-state index in [2.05, 4.69) is 15.2 Å². The molecule has 0 radical (unpaired) electrons. The summed E-state index contributed by atoms with van der Waals surface area (Å²) < 4.78 is 5.12. The summed E-state index contributed by atoms with van der Waals surface area (Å²) in [5.74, 6) is 2.08. The molecule has 5 nitrogen and oxygen atoms in total. The Hall–Kier alpha value is -2.04. The molecular weight excluding hydrogens is 192 g/mol. The topological polar surface area (TPSA) is 76.8 Å². The summed E-state index contributed by atoms with van der Waals surface area (Å²) in [5.41, 5.74) is 7.25. The molecule has 0 atom stereocenters. The maximum Gasteiger partial charge on any atom is 0.183 e. The number of nitrogen functional groups attached to an aromatic ring is 1. The van der Waals surface area contributed by atoms with Crippen LogP contribution in [-0.2, 0) is 0 Å². The van der Waals surface area contributed by atoms with Crippen LogP contribution in [0.5, 0.6) is 5.75 Å². The summed E-state index contributed by atoms with van der Waals surface area (Å²) in [5, 5.41) is 6.82. The summed E-state index contributed by atoms with van der Waals surface area (Å²) in [6.45, 7) is 1.84. The van der Waals surface area contributed by atoms with Gasteiger partial charge in [-0.3, -0.25) is 5.10 Å². The van der Waals surface area contributed by atoms with Gasteiger partial charge >= 0.3 is 0 Å². The average molecular weight is 204 g/mol. The highest BCUT2D eigenvalue weighted by atomic mass is 16.5. The molecule has 1 aromatic heterocycles. The molecule has 15 heavy (non-hydrogen) atoms. The van der Waals surface area contributed by atoms with Crippen LogP contribution in [0.4, 0.5) is 5.69 Å². The number of rotatable bonds is 2. The summed E-state index contributed by atoms with van der Waals surface area (Å²) in [7, 11) is 1.61. The molecule has 0 spiro atoms. The monoisotopic (exact) mass is 204 g/mol. The van der Waals surface area contributed by atoms with Gasteiger partial charge in [0.25, 0.3) is 0 Å². The van der Waals surface area contributed by atoms with Crippen molar-refractivity contribution in [3.8, 4) is 17.1 Å². The molecule has 0 bridgehead atoms. The van der Waals surface area contributed by atoms with Crippen molar-refractivity contribution in [2.45, 2.75) is 6.92 Å². The number of anilines is 1. The van der Waals surface area contributed by atoms with Crippen molar-refractivity contribution >= 4 is 5.69 Å². The van der Waals surface area contributed by atoms with E-state index in [0.29, 0.717) is 11.5 Å². The van der Waals surface area contributed by atoms with Crippen molar-refractivity contribution in [1.82, 2.24) is 15.2 Å². The van der Waals surface area contributed by atoms with Crippen LogP contribution in [0.15, 0.2) is 18.2 Å². The van der Waals surface area contributed by atoms with Crippen LogP contribution in [0.1, 0.15) is 5.82 Å². The van der Waals surface area contributed by atoms with Gasteiger partial charge < -0.3 is 10.5 Å². The SMILES string of the molecule is COc1ccc(N)c(-c2n[nH]c(C)n2)c1. The second-order valence-electron chi connectivity index (χ2n) is 3.20. The van der Waals surface area contributed by atoms with E-state index in [0.717, 1.165) is 17.1 Å². The predicted octanol–water partition coefficient (Wildman–Crippen LogP) is 1.37. The second-order valence-corrected chi connectivity index (χ2v) is 3.20. The standard InChI is InChI=1S/C10H12N4O/c1-6-12-10(14-13-6)8-5-7(15-2)3-4-9(8)11/h3-5H,11H2,1-2H3,(H,12,13,14). The van der Waals surface area contributed by atoms with Gasteiger partial charge in [-0.15, -0.1) is 0 Å². The fourth-order valence-electron chi connectivity index (χ4n) is 1.32. The lowest BCUT2D eigenvalue weighted by atomic mass is 10.1. The van der Waals surface area contributed by atoms with E-state index < -0.39 is 0 Å². The Kier molecular flexibility index (Phi) is 2.29. The molecule has 78 valence electrons. The van der Waals surface area contributed by atoms with Crippen LogP contribution < -0.4 is 10.5 Å². The largest absolute Gasteiger partial charge is 0.497 e. The zero-order valence-corrected chi connectivity index (χ0v) is 8.61. The first kappa shape index (κ1) is 9.51. The quantitative estimate of drug-likeness (QED) is 0.724. The maximum atomic E-state index is 5.84. The number of nitrogens with two attached hydrogens (primary N) is 1. The third-order valence-electron chi connectivity index (χ3n) is 2.10. The Balaban J connectivity index is 2.51. The molecule has 0 fully saturated rings. The molecule has 0 saturated carbocycles. The highest BCUT2D eigenvalue weighted by Crippen LogP contribution is 2.26. The first-order chi connectivity index (χ1) is 7.20. The number of benzene rings is 1. The van der Waals surface area contributed by atoms with Crippen LogP contribution >= 0.6 is 0 Å². The molecule has 1 heterocycles. The number of hydrogen-bond donors (Lipinski definition) is 2. The summed E-state index contributed by atoms with van der Waals surface area (Å²) in [6.07, 6.45) is 0. The van der Waals surface area contributed by atoms with Crippen LogP contribution in [0.3, 0.4) is 0 Å². The number of hydrogen-bond acceptors (Lipinski definition) is 4. The van der Waals surface area contributed by atoms with E-state index in [1.54, 1.807) is 19.2 Å². The molecule has 0 saturated heterocycles. The number of nitrogens with one attached hydrogen (secondary N) is 1. The van der Waals surface area contributed by atoms with E-state index in [-0.39, 0.29) is 0 Å². The van der Waals surface area contributed by atoms with Gasteiger partial charge in [-0.2, -0.15) is 5.10 Å². The van der Waals surface area contributed by atoms with Gasteiger partial charge in [0.2, 0.25) is 0 Å². The number of nitrogens with zero attached hydrogens (tertiary/aromatic N) is 2. The van der Waals surface area contributed by atoms with Crippen molar-refractivity contribution in [2.75, 3.05) is 12.8 Å². The van der Waals surface area contributed by atoms with E-state index in [4.69, 9.17) is 10.5 Å². The number of H-pyrrole nitrogens is 1. The number of ether oxygens (including phenoxy) is 1. The Morgan fingerprint density at radius 1 is 1.40 bits per heavy atom. The number of aromatic amines is 1. The Labute approximate surface area is 87.3 Å². The Morgan fingerprint density at radius 2 is 2.20 bits per heavy atom. The molecule has 1 aromatic carbocycles. The fourth-order valence-corrected chi connectivity index (χ4v) is 1.32. The summed E-state index contributed by atoms with van der Waals surface area (Å²) >= 11 is 0. The first-order valence-electron chi connectivity index (χ1n) is 4.53. The van der Waals surface area contributed by atoms with Gasteiger partial charge in [0.05, 0.1) is 7.11 Å². The normalized spacial score (nSPS) is 10.3. The molecule has 5 heteroatoms. The van der Waals surface area contributed by atoms with Crippen molar-refractivity contribution in [3.05, 3.63) is 24.0 Å². The molecule has 0 amide bonds. The second kappa shape index (κ2) is 3.61. The van der Waals surface area contributed by atoms with E-state index in [1.165, 1.54) is 0 Å². The molecule has 2 rings (SSSR count). The van der Waals surface area contributed by atoms with Crippen molar-refractivity contribution in [1.29, 1.82) is 0 Å². The third kappa shape index (κ3) is 1.76. The molecule has 3 N–H and O–H groups in total. The van der Waals surface area contributed by atoms with Crippen LogP contribution in [0.25, 0.3) is 11.4 Å². The highest BCUT2D eigenvalue weighted by Gasteiger charge is 2.08. The molecule has 0 aliphatic rings. The van der Waals surface area contributed by atoms with Gasteiger partial charge in [0.15, 0.2) is 5.82 Å². The van der Waals surface area contributed by atoms with E-state index in [1.807, 2.05) is 13.0 Å². The molecular formula is C10H12N4O. The van der Waals surface area contributed by atoms with E-state index in [9.17, 15) is 0 Å². The lowest BCUT2D eigenvalue weighted by Gasteiger charge is -2.04.